The predicted octanol–water partition coefficient (Wildman–Crippen LogP) is 3.14. The zero-order valence-corrected chi connectivity index (χ0v) is 16.1. The van der Waals surface area contributed by atoms with Gasteiger partial charge in [-0.3, -0.25) is 9.48 Å². The van der Waals surface area contributed by atoms with Gasteiger partial charge in [0.25, 0.3) is 5.91 Å². The summed E-state index contributed by atoms with van der Waals surface area (Å²) in [7, 11) is 1.77. The zero-order valence-electron chi connectivity index (χ0n) is 14.5. The first kappa shape index (κ1) is 18.1. The minimum absolute atomic E-state index is 0.356. The average molecular weight is 417 g/mol. The Morgan fingerprint density at radius 1 is 1.23 bits per heavy atom. The van der Waals surface area contributed by atoms with Gasteiger partial charge in [0.05, 0.1) is 16.6 Å². The summed E-state index contributed by atoms with van der Waals surface area (Å²) in [6.07, 6.45) is 0. The molecule has 134 valence electrons. The molecule has 0 atom stereocenters. The van der Waals surface area contributed by atoms with Gasteiger partial charge in [-0.25, -0.2) is 9.78 Å². The first-order chi connectivity index (χ1) is 12.3. The topological polar surface area (TPSA) is 86.1 Å². The van der Waals surface area contributed by atoms with Crippen molar-refractivity contribution in [2.45, 2.75) is 13.8 Å². The number of amides is 1. The van der Waals surface area contributed by atoms with Gasteiger partial charge in [0, 0.05) is 22.9 Å². The molecule has 0 radical (unpaired) electrons. The Labute approximate surface area is 158 Å². The quantitative estimate of drug-likeness (QED) is 0.660. The van der Waals surface area contributed by atoms with Gasteiger partial charge in [0.15, 0.2) is 12.3 Å². The number of pyridine rings is 1. The van der Waals surface area contributed by atoms with Crippen LogP contribution in [0.1, 0.15) is 21.7 Å². The van der Waals surface area contributed by atoms with Gasteiger partial charge >= 0.3 is 5.97 Å². The molecule has 0 saturated heterocycles. The van der Waals surface area contributed by atoms with Crippen LogP contribution in [0.3, 0.4) is 0 Å². The van der Waals surface area contributed by atoms with Crippen molar-refractivity contribution in [3.8, 4) is 0 Å². The largest absolute Gasteiger partial charge is 0.452 e. The van der Waals surface area contributed by atoms with Crippen molar-refractivity contribution in [1.29, 1.82) is 0 Å². The Kier molecular flexibility index (Phi) is 5.03. The van der Waals surface area contributed by atoms with Crippen molar-refractivity contribution >= 4 is 44.5 Å². The maximum atomic E-state index is 12.5. The molecule has 1 aromatic carbocycles. The van der Waals surface area contributed by atoms with E-state index in [0.29, 0.717) is 33.7 Å². The molecule has 2 aromatic heterocycles. The Bertz CT molecular complexity index is 996. The van der Waals surface area contributed by atoms with Crippen molar-refractivity contribution in [3.05, 3.63) is 51.8 Å². The number of nitrogens with one attached hydrogen (secondary N) is 1. The zero-order chi connectivity index (χ0) is 18.8. The van der Waals surface area contributed by atoms with E-state index in [9.17, 15) is 9.59 Å². The molecular formula is C18H17BrN4O3. The van der Waals surface area contributed by atoms with E-state index in [1.807, 2.05) is 12.1 Å². The summed E-state index contributed by atoms with van der Waals surface area (Å²) in [6, 6.07) is 8.76. The highest BCUT2D eigenvalue weighted by molar-refractivity contribution is 9.10. The number of anilines is 1. The second kappa shape index (κ2) is 7.25. The van der Waals surface area contributed by atoms with Crippen LogP contribution < -0.4 is 5.32 Å². The number of nitrogens with zero attached hydrogens (tertiary/aromatic N) is 3. The van der Waals surface area contributed by atoms with E-state index in [1.165, 1.54) is 0 Å². The van der Waals surface area contributed by atoms with Crippen LogP contribution in [-0.4, -0.2) is 33.2 Å². The van der Waals surface area contributed by atoms with Crippen LogP contribution in [0.25, 0.3) is 11.0 Å². The highest BCUT2D eigenvalue weighted by atomic mass is 79.9. The molecule has 0 aliphatic carbocycles. The summed E-state index contributed by atoms with van der Waals surface area (Å²) in [4.78, 5) is 28.9. The second-order valence-corrected chi connectivity index (χ2v) is 6.77. The number of hydrogen-bond donors (Lipinski definition) is 1. The molecule has 3 aromatic rings. The standard InChI is InChI=1S/C18H17BrN4O3/c1-10-8-14(16-11(2)22-23(3)17(16)20-10)18(25)26-9-15(24)21-13-6-4-12(19)5-7-13/h4-8H,9H2,1-3H3,(H,21,24). The fourth-order valence-electron chi connectivity index (χ4n) is 2.67. The number of carbonyl (C=O) groups excluding carboxylic acids is 2. The van der Waals surface area contributed by atoms with Crippen LogP contribution in [0.15, 0.2) is 34.8 Å². The molecule has 26 heavy (non-hydrogen) atoms. The summed E-state index contributed by atoms with van der Waals surface area (Å²) < 4.78 is 7.72. The molecule has 0 spiro atoms. The van der Waals surface area contributed by atoms with Crippen LogP contribution in [0.5, 0.6) is 0 Å². The lowest BCUT2D eigenvalue weighted by molar-refractivity contribution is -0.119. The van der Waals surface area contributed by atoms with E-state index in [-0.39, 0.29) is 6.61 Å². The SMILES string of the molecule is Cc1cc(C(=O)OCC(=O)Nc2ccc(Br)cc2)c2c(C)nn(C)c2n1. The summed E-state index contributed by atoms with van der Waals surface area (Å²) in [5, 5.41) is 7.61. The normalized spacial score (nSPS) is 10.8. The fourth-order valence-corrected chi connectivity index (χ4v) is 2.93. The highest BCUT2D eigenvalue weighted by Crippen LogP contribution is 2.22. The number of benzene rings is 1. The third-order valence-corrected chi connectivity index (χ3v) is 4.31. The molecule has 0 unspecified atom stereocenters. The average Bonchev–Trinajstić information content (AvgIpc) is 2.88. The van der Waals surface area contributed by atoms with Crippen molar-refractivity contribution in [2.24, 2.45) is 7.05 Å². The molecular weight excluding hydrogens is 400 g/mol. The lowest BCUT2D eigenvalue weighted by Gasteiger charge is -2.08. The van der Waals surface area contributed by atoms with Crippen molar-refractivity contribution in [2.75, 3.05) is 11.9 Å². The fraction of sp³-hybridized carbons (Fsp3) is 0.222. The summed E-state index contributed by atoms with van der Waals surface area (Å²) in [5.41, 5.74) is 2.94. The van der Waals surface area contributed by atoms with E-state index in [4.69, 9.17) is 4.74 Å². The van der Waals surface area contributed by atoms with E-state index in [1.54, 1.807) is 43.8 Å². The van der Waals surface area contributed by atoms with Crippen molar-refractivity contribution < 1.29 is 14.3 Å². The van der Waals surface area contributed by atoms with Gasteiger partial charge < -0.3 is 10.1 Å². The number of esters is 1. The van der Waals surface area contributed by atoms with Gasteiger partial charge in [0.1, 0.15) is 0 Å². The molecule has 0 saturated carbocycles. The van der Waals surface area contributed by atoms with Gasteiger partial charge in [-0.1, -0.05) is 15.9 Å². The number of halogens is 1. The monoisotopic (exact) mass is 416 g/mol. The number of hydrogen-bond acceptors (Lipinski definition) is 5. The Balaban J connectivity index is 1.73. The molecule has 1 N–H and O–H groups in total. The molecule has 0 bridgehead atoms. The highest BCUT2D eigenvalue weighted by Gasteiger charge is 2.19. The second-order valence-electron chi connectivity index (χ2n) is 5.85. The minimum Gasteiger partial charge on any atom is -0.452 e. The first-order valence-electron chi connectivity index (χ1n) is 7.88. The lowest BCUT2D eigenvalue weighted by Crippen LogP contribution is -2.21. The van der Waals surface area contributed by atoms with Crippen LogP contribution in [0.2, 0.25) is 0 Å². The number of aromatic nitrogens is 3. The third kappa shape index (κ3) is 3.75. The molecule has 0 fully saturated rings. The summed E-state index contributed by atoms with van der Waals surface area (Å²) >= 11 is 3.33. The molecule has 0 aliphatic heterocycles. The van der Waals surface area contributed by atoms with Crippen LogP contribution in [0, 0.1) is 13.8 Å². The summed E-state index contributed by atoms with van der Waals surface area (Å²) in [6.45, 7) is 3.21. The number of ether oxygens (including phenoxy) is 1. The van der Waals surface area contributed by atoms with E-state index in [0.717, 1.165) is 4.47 Å². The maximum Gasteiger partial charge on any atom is 0.339 e. The van der Waals surface area contributed by atoms with Gasteiger partial charge in [0.2, 0.25) is 0 Å². The van der Waals surface area contributed by atoms with Crippen molar-refractivity contribution in [1.82, 2.24) is 14.8 Å². The Morgan fingerprint density at radius 3 is 2.62 bits per heavy atom. The van der Waals surface area contributed by atoms with Crippen LogP contribution in [0.4, 0.5) is 5.69 Å². The molecule has 7 nitrogen and oxygen atoms in total. The molecule has 0 aliphatic rings. The van der Waals surface area contributed by atoms with E-state index >= 15 is 0 Å². The number of fused-ring (bicyclic) bond motifs is 1. The minimum atomic E-state index is -0.581. The van der Waals surface area contributed by atoms with Gasteiger partial charge in [-0.05, 0) is 44.2 Å². The predicted molar refractivity (Wildman–Crippen MR) is 101 cm³/mol. The van der Waals surface area contributed by atoms with E-state index < -0.39 is 11.9 Å². The Morgan fingerprint density at radius 2 is 1.92 bits per heavy atom. The van der Waals surface area contributed by atoms with Crippen LogP contribution in [-0.2, 0) is 16.6 Å². The molecule has 8 heteroatoms. The van der Waals surface area contributed by atoms with E-state index in [2.05, 4.69) is 31.3 Å². The summed E-state index contributed by atoms with van der Waals surface area (Å²) in [5.74, 6) is -0.992. The number of rotatable bonds is 4. The van der Waals surface area contributed by atoms with Crippen LogP contribution >= 0.6 is 15.9 Å². The van der Waals surface area contributed by atoms with Crippen molar-refractivity contribution in [3.63, 3.8) is 0 Å². The number of carbonyl (C=O) groups is 2. The lowest BCUT2D eigenvalue weighted by atomic mass is 10.1. The van der Waals surface area contributed by atoms with Gasteiger partial charge in [-0.2, -0.15) is 5.10 Å². The maximum absolute atomic E-state index is 12.5. The molecule has 3 rings (SSSR count). The smallest absolute Gasteiger partial charge is 0.339 e. The third-order valence-electron chi connectivity index (χ3n) is 3.78. The molecule has 1 amide bonds. The number of aryl methyl sites for hydroxylation is 3. The first-order valence-corrected chi connectivity index (χ1v) is 8.68. The Hall–Kier alpha value is -2.74. The van der Waals surface area contributed by atoms with Gasteiger partial charge in [-0.15, -0.1) is 0 Å². The molecule has 2 heterocycles.